The number of hydrogen-bond acceptors (Lipinski definition) is 3. The molecule has 0 aliphatic heterocycles. The minimum absolute atomic E-state index is 0.108. The number of amides is 1. The van der Waals surface area contributed by atoms with E-state index >= 15 is 0 Å². The number of anilines is 1. The molecule has 0 aliphatic carbocycles. The molecule has 0 radical (unpaired) electrons. The van der Waals surface area contributed by atoms with Crippen molar-refractivity contribution in [3.63, 3.8) is 0 Å². The van der Waals surface area contributed by atoms with Gasteiger partial charge in [0.05, 0.1) is 24.4 Å². The van der Waals surface area contributed by atoms with Crippen molar-refractivity contribution < 1.29 is 13.9 Å². The number of benzene rings is 2. The largest absolute Gasteiger partial charge is 0.383 e. The maximum absolute atomic E-state index is 13.2. The van der Waals surface area contributed by atoms with Crippen LogP contribution in [-0.2, 0) is 22.5 Å². The molecule has 0 fully saturated rings. The fraction of sp³-hybridized carbons (Fsp3) is 0.250. The highest BCUT2D eigenvalue weighted by molar-refractivity contribution is 5.95. The van der Waals surface area contributed by atoms with Crippen molar-refractivity contribution in [2.45, 2.75) is 26.8 Å². The first kappa shape index (κ1) is 20.8. The SMILES string of the molecule is COCCn1ccc2cc(NC(=O)Cc3c(C)nn(-c4ccc(F)cc4)c3C)ccc21. The van der Waals surface area contributed by atoms with Crippen LogP contribution >= 0.6 is 0 Å². The van der Waals surface area contributed by atoms with E-state index in [1.807, 2.05) is 44.3 Å². The number of methoxy groups -OCH3 is 1. The molecular weight excluding hydrogens is 395 g/mol. The lowest BCUT2D eigenvalue weighted by atomic mass is 10.1. The Morgan fingerprint density at radius 1 is 1.13 bits per heavy atom. The zero-order chi connectivity index (χ0) is 22.0. The summed E-state index contributed by atoms with van der Waals surface area (Å²) in [5.74, 6) is -0.404. The molecule has 160 valence electrons. The van der Waals surface area contributed by atoms with E-state index in [1.54, 1.807) is 23.9 Å². The molecule has 4 rings (SSSR count). The zero-order valence-corrected chi connectivity index (χ0v) is 17.9. The molecule has 0 atom stereocenters. The number of ether oxygens (including phenoxy) is 1. The third kappa shape index (κ3) is 4.36. The predicted octanol–water partition coefficient (Wildman–Crippen LogP) is 4.41. The smallest absolute Gasteiger partial charge is 0.228 e. The molecule has 0 saturated carbocycles. The maximum Gasteiger partial charge on any atom is 0.228 e. The monoisotopic (exact) mass is 420 g/mol. The van der Waals surface area contributed by atoms with Crippen molar-refractivity contribution in [1.82, 2.24) is 14.3 Å². The summed E-state index contributed by atoms with van der Waals surface area (Å²) in [5, 5.41) is 8.59. The second-order valence-electron chi connectivity index (χ2n) is 7.54. The normalized spacial score (nSPS) is 11.2. The Hall–Kier alpha value is -3.45. The number of carbonyl (C=O) groups excluding carboxylic acids is 1. The Kier molecular flexibility index (Phi) is 5.86. The van der Waals surface area contributed by atoms with E-state index in [1.165, 1.54) is 12.1 Å². The minimum atomic E-state index is -0.295. The lowest BCUT2D eigenvalue weighted by Gasteiger charge is -2.08. The van der Waals surface area contributed by atoms with Gasteiger partial charge in [0.1, 0.15) is 5.82 Å². The minimum Gasteiger partial charge on any atom is -0.383 e. The fourth-order valence-corrected chi connectivity index (χ4v) is 3.79. The van der Waals surface area contributed by atoms with E-state index in [9.17, 15) is 9.18 Å². The number of aryl methyl sites for hydroxylation is 1. The van der Waals surface area contributed by atoms with Crippen molar-refractivity contribution in [3.8, 4) is 5.69 Å². The summed E-state index contributed by atoms with van der Waals surface area (Å²) in [6, 6.07) is 14.1. The van der Waals surface area contributed by atoms with Crippen LogP contribution in [0.4, 0.5) is 10.1 Å². The molecule has 0 saturated heterocycles. The van der Waals surface area contributed by atoms with Crippen molar-refractivity contribution in [2.75, 3.05) is 19.0 Å². The Labute approximate surface area is 180 Å². The summed E-state index contributed by atoms with van der Waals surface area (Å²) in [5.41, 5.74) is 5.13. The van der Waals surface area contributed by atoms with E-state index in [0.29, 0.717) is 6.61 Å². The Morgan fingerprint density at radius 3 is 2.65 bits per heavy atom. The first-order valence-corrected chi connectivity index (χ1v) is 10.1. The summed E-state index contributed by atoms with van der Waals surface area (Å²) < 4.78 is 22.2. The number of fused-ring (bicyclic) bond motifs is 1. The molecule has 0 spiro atoms. The molecule has 4 aromatic rings. The molecule has 1 N–H and O–H groups in total. The number of aromatic nitrogens is 3. The number of hydrogen-bond donors (Lipinski definition) is 1. The van der Waals surface area contributed by atoms with Crippen LogP contribution in [0.15, 0.2) is 54.7 Å². The molecule has 0 aliphatic rings. The molecule has 6 nitrogen and oxygen atoms in total. The van der Waals surface area contributed by atoms with Crippen LogP contribution in [-0.4, -0.2) is 34.0 Å². The van der Waals surface area contributed by atoms with Gasteiger partial charge in [0.2, 0.25) is 5.91 Å². The van der Waals surface area contributed by atoms with E-state index < -0.39 is 0 Å². The zero-order valence-electron chi connectivity index (χ0n) is 17.9. The van der Waals surface area contributed by atoms with Crippen LogP contribution in [0.1, 0.15) is 17.0 Å². The number of nitrogens with zero attached hydrogens (tertiary/aromatic N) is 3. The topological polar surface area (TPSA) is 61.1 Å². The van der Waals surface area contributed by atoms with Crippen molar-refractivity contribution in [2.24, 2.45) is 0 Å². The lowest BCUT2D eigenvalue weighted by molar-refractivity contribution is -0.115. The molecule has 0 unspecified atom stereocenters. The summed E-state index contributed by atoms with van der Waals surface area (Å²) in [6.07, 6.45) is 2.23. The highest BCUT2D eigenvalue weighted by Gasteiger charge is 2.16. The average Bonchev–Trinajstić information content (AvgIpc) is 3.28. The summed E-state index contributed by atoms with van der Waals surface area (Å²) >= 11 is 0. The van der Waals surface area contributed by atoms with Gasteiger partial charge in [-0.2, -0.15) is 5.10 Å². The van der Waals surface area contributed by atoms with Crippen molar-refractivity contribution in [1.29, 1.82) is 0 Å². The van der Waals surface area contributed by atoms with Crippen LogP contribution < -0.4 is 5.32 Å². The Morgan fingerprint density at radius 2 is 1.90 bits per heavy atom. The molecular formula is C24H25FN4O2. The van der Waals surface area contributed by atoms with Gasteiger partial charge in [-0.25, -0.2) is 9.07 Å². The van der Waals surface area contributed by atoms with Gasteiger partial charge >= 0.3 is 0 Å². The molecule has 2 aromatic heterocycles. The van der Waals surface area contributed by atoms with Crippen LogP contribution in [0.25, 0.3) is 16.6 Å². The van der Waals surface area contributed by atoms with Gasteiger partial charge in [0.25, 0.3) is 0 Å². The van der Waals surface area contributed by atoms with Crippen LogP contribution in [0.3, 0.4) is 0 Å². The van der Waals surface area contributed by atoms with E-state index in [2.05, 4.69) is 15.0 Å². The predicted molar refractivity (Wildman–Crippen MR) is 119 cm³/mol. The van der Waals surface area contributed by atoms with Crippen LogP contribution in [0.5, 0.6) is 0 Å². The first-order chi connectivity index (χ1) is 15.0. The van der Waals surface area contributed by atoms with Crippen molar-refractivity contribution >= 4 is 22.5 Å². The highest BCUT2D eigenvalue weighted by atomic mass is 19.1. The third-order valence-electron chi connectivity index (χ3n) is 5.44. The highest BCUT2D eigenvalue weighted by Crippen LogP contribution is 2.22. The number of carbonyl (C=O) groups is 1. The number of rotatable bonds is 7. The van der Waals surface area contributed by atoms with Gasteiger partial charge in [-0.3, -0.25) is 4.79 Å². The number of nitrogens with one attached hydrogen (secondary N) is 1. The number of halogens is 1. The molecule has 7 heteroatoms. The van der Waals surface area contributed by atoms with Crippen LogP contribution in [0, 0.1) is 19.7 Å². The molecule has 2 aromatic carbocycles. The van der Waals surface area contributed by atoms with Gasteiger partial charge in [0.15, 0.2) is 0 Å². The van der Waals surface area contributed by atoms with Crippen LogP contribution in [0.2, 0.25) is 0 Å². The second kappa shape index (κ2) is 8.73. The first-order valence-electron chi connectivity index (χ1n) is 10.1. The second-order valence-corrected chi connectivity index (χ2v) is 7.54. The maximum atomic E-state index is 13.2. The molecule has 1 amide bonds. The van der Waals surface area contributed by atoms with Gasteiger partial charge in [-0.1, -0.05) is 0 Å². The Bertz CT molecular complexity index is 1220. The third-order valence-corrected chi connectivity index (χ3v) is 5.44. The van der Waals surface area contributed by atoms with Gasteiger partial charge in [-0.15, -0.1) is 0 Å². The van der Waals surface area contributed by atoms with Gasteiger partial charge in [0, 0.05) is 47.7 Å². The summed E-state index contributed by atoms with van der Waals surface area (Å²) in [4.78, 5) is 12.7. The molecule has 31 heavy (non-hydrogen) atoms. The average molecular weight is 420 g/mol. The standard InChI is InChI=1S/C24H25FN4O2/c1-16-22(17(2)29(27-16)21-7-4-19(25)5-8-21)15-24(30)26-20-6-9-23-18(14-20)10-11-28(23)12-13-31-3/h4-11,14H,12-13,15H2,1-3H3,(H,26,30). The molecule has 0 bridgehead atoms. The van der Waals surface area contributed by atoms with E-state index in [0.717, 1.165) is 45.8 Å². The quantitative estimate of drug-likeness (QED) is 0.482. The van der Waals surface area contributed by atoms with Gasteiger partial charge in [-0.05, 0) is 62.4 Å². The fourth-order valence-electron chi connectivity index (χ4n) is 3.79. The summed E-state index contributed by atoms with van der Waals surface area (Å²) in [6.45, 7) is 5.22. The van der Waals surface area contributed by atoms with Gasteiger partial charge < -0.3 is 14.6 Å². The van der Waals surface area contributed by atoms with E-state index in [-0.39, 0.29) is 18.1 Å². The van der Waals surface area contributed by atoms with E-state index in [4.69, 9.17) is 4.74 Å². The summed E-state index contributed by atoms with van der Waals surface area (Å²) in [7, 11) is 1.69. The van der Waals surface area contributed by atoms with Crippen molar-refractivity contribution in [3.05, 3.63) is 77.5 Å². The lowest BCUT2D eigenvalue weighted by Crippen LogP contribution is -2.15. The molecule has 2 heterocycles. The Balaban J connectivity index is 1.49.